The van der Waals surface area contributed by atoms with Crippen LogP contribution in [0.25, 0.3) is 11.0 Å². The van der Waals surface area contributed by atoms with Gasteiger partial charge in [0.05, 0.1) is 31.3 Å². The van der Waals surface area contributed by atoms with E-state index in [1.54, 1.807) is 11.8 Å². The first kappa shape index (κ1) is 21.4. The van der Waals surface area contributed by atoms with Crippen LogP contribution in [0.3, 0.4) is 0 Å². The number of amides is 1. The molecule has 0 radical (unpaired) electrons. The van der Waals surface area contributed by atoms with Gasteiger partial charge in [-0.15, -0.1) is 0 Å². The molecular weight excluding hydrogens is 400 g/mol. The number of morpholine rings is 1. The van der Waals surface area contributed by atoms with Crippen LogP contribution in [-0.2, 0) is 16.1 Å². The molecule has 4 rings (SSSR count). The number of thioether (sulfide) groups is 1. The van der Waals surface area contributed by atoms with Gasteiger partial charge in [0.2, 0.25) is 5.91 Å². The van der Waals surface area contributed by atoms with Gasteiger partial charge in [-0.1, -0.05) is 37.9 Å². The highest BCUT2D eigenvalue weighted by Crippen LogP contribution is 2.28. The fourth-order valence-corrected chi connectivity index (χ4v) is 4.84. The minimum Gasteiger partial charge on any atom is -0.378 e. The topological polar surface area (TPSA) is 85.2 Å². The van der Waals surface area contributed by atoms with Crippen LogP contribution in [0.15, 0.2) is 11.4 Å². The number of fused-ring (bicyclic) bond motifs is 1. The van der Waals surface area contributed by atoms with Gasteiger partial charge in [0, 0.05) is 31.3 Å². The summed E-state index contributed by atoms with van der Waals surface area (Å²) in [5.41, 5.74) is 0.844. The Balaban J connectivity index is 1.49. The van der Waals surface area contributed by atoms with Gasteiger partial charge in [0.25, 0.3) is 0 Å². The average molecular weight is 433 g/mol. The standard InChI is InChI=1S/C21H32N6O2S/c1-2-14-30-21-24-18(26-10-12-29-13-11-26)17-15-23-27(19(17)25-21)9-8-22-20(28)16-6-4-3-5-7-16/h15-16H,2-14H2,1H3,(H,22,28). The number of aromatic nitrogens is 4. The highest BCUT2D eigenvalue weighted by Gasteiger charge is 2.22. The number of carbonyl (C=O) groups is 1. The maximum absolute atomic E-state index is 12.4. The summed E-state index contributed by atoms with van der Waals surface area (Å²) in [7, 11) is 0. The number of anilines is 1. The second-order valence-corrected chi connectivity index (χ2v) is 9.07. The maximum atomic E-state index is 12.4. The van der Waals surface area contributed by atoms with Crippen LogP contribution in [0.2, 0.25) is 0 Å². The van der Waals surface area contributed by atoms with Crippen molar-refractivity contribution < 1.29 is 9.53 Å². The summed E-state index contributed by atoms with van der Waals surface area (Å²) in [4.78, 5) is 24.3. The third kappa shape index (κ3) is 5.06. The first-order valence-electron chi connectivity index (χ1n) is 11.2. The lowest BCUT2D eigenvalue weighted by Crippen LogP contribution is -2.37. The van der Waals surface area contributed by atoms with E-state index >= 15 is 0 Å². The van der Waals surface area contributed by atoms with E-state index in [-0.39, 0.29) is 11.8 Å². The summed E-state index contributed by atoms with van der Waals surface area (Å²) < 4.78 is 7.41. The third-order valence-electron chi connectivity index (χ3n) is 5.80. The molecule has 3 heterocycles. The van der Waals surface area contributed by atoms with E-state index in [9.17, 15) is 4.79 Å². The van der Waals surface area contributed by atoms with E-state index in [1.165, 1.54) is 19.3 Å². The highest BCUT2D eigenvalue weighted by atomic mass is 32.2. The molecule has 2 aromatic rings. The van der Waals surface area contributed by atoms with Crippen LogP contribution >= 0.6 is 11.8 Å². The molecule has 8 nitrogen and oxygen atoms in total. The second kappa shape index (κ2) is 10.4. The zero-order valence-corrected chi connectivity index (χ0v) is 18.6. The molecular formula is C21H32N6O2S. The molecule has 1 aliphatic carbocycles. The van der Waals surface area contributed by atoms with Gasteiger partial charge in [0.15, 0.2) is 10.8 Å². The van der Waals surface area contributed by atoms with Crippen molar-refractivity contribution in [2.24, 2.45) is 5.92 Å². The highest BCUT2D eigenvalue weighted by molar-refractivity contribution is 7.99. The average Bonchev–Trinajstić information content (AvgIpc) is 3.21. The molecule has 1 aliphatic heterocycles. The fourth-order valence-electron chi connectivity index (χ4n) is 4.15. The van der Waals surface area contributed by atoms with Gasteiger partial charge < -0.3 is 15.0 Å². The van der Waals surface area contributed by atoms with E-state index in [4.69, 9.17) is 14.7 Å². The summed E-state index contributed by atoms with van der Waals surface area (Å²) in [5.74, 6) is 2.30. The second-order valence-electron chi connectivity index (χ2n) is 8.01. The van der Waals surface area contributed by atoms with Crippen LogP contribution in [0.4, 0.5) is 5.82 Å². The number of carbonyl (C=O) groups excluding carboxylic acids is 1. The molecule has 30 heavy (non-hydrogen) atoms. The number of nitrogens with one attached hydrogen (secondary N) is 1. The molecule has 164 valence electrons. The Morgan fingerprint density at radius 3 is 2.80 bits per heavy atom. The van der Waals surface area contributed by atoms with Crippen molar-refractivity contribution in [2.45, 2.75) is 57.1 Å². The smallest absolute Gasteiger partial charge is 0.223 e. The van der Waals surface area contributed by atoms with Crippen molar-refractivity contribution in [2.75, 3.05) is 43.5 Å². The summed E-state index contributed by atoms with van der Waals surface area (Å²) in [6.45, 7) is 6.42. The van der Waals surface area contributed by atoms with E-state index in [1.807, 2.05) is 10.9 Å². The Morgan fingerprint density at radius 1 is 1.23 bits per heavy atom. The minimum atomic E-state index is 0.181. The Hall–Kier alpha value is -1.87. The molecule has 1 saturated carbocycles. The van der Waals surface area contributed by atoms with Crippen LogP contribution in [-0.4, -0.2) is 64.3 Å². The molecule has 0 atom stereocenters. The zero-order valence-electron chi connectivity index (χ0n) is 17.8. The van der Waals surface area contributed by atoms with Crippen molar-refractivity contribution in [3.63, 3.8) is 0 Å². The Labute approximate surface area is 182 Å². The lowest BCUT2D eigenvalue weighted by molar-refractivity contribution is -0.125. The summed E-state index contributed by atoms with van der Waals surface area (Å²) in [6.07, 6.45) is 8.56. The third-order valence-corrected chi connectivity index (χ3v) is 6.85. The normalized spacial score (nSPS) is 18.1. The fraction of sp³-hybridized carbons (Fsp3) is 0.714. The SMILES string of the molecule is CCCSc1nc(N2CCOCC2)c2cnn(CCNC(=O)C3CCCCC3)c2n1. The summed E-state index contributed by atoms with van der Waals surface area (Å²) in [5, 5.41) is 9.44. The van der Waals surface area contributed by atoms with Gasteiger partial charge in [-0.25, -0.2) is 14.6 Å². The predicted molar refractivity (Wildman–Crippen MR) is 119 cm³/mol. The van der Waals surface area contributed by atoms with Crippen LogP contribution < -0.4 is 10.2 Å². The van der Waals surface area contributed by atoms with Crippen molar-refractivity contribution in [1.82, 2.24) is 25.1 Å². The zero-order chi connectivity index (χ0) is 20.8. The molecule has 1 N–H and O–H groups in total. The molecule has 0 bridgehead atoms. The largest absolute Gasteiger partial charge is 0.378 e. The quantitative estimate of drug-likeness (QED) is 0.507. The van der Waals surface area contributed by atoms with E-state index in [0.717, 1.165) is 60.1 Å². The molecule has 0 spiro atoms. The Morgan fingerprint density at radius 2 is 2.03 bits per heavy atom. The number of ether oxygens (including phenoxy) is 1. The molecule has 0 aromatic carbocycles. The maximum Gasteiger partial charge on any atom is 0.223 e. The molecule has 2 fully saturated rings. The van der Waals surface area contributed by atoms with E-state index in [2.05, 4.69) is 22.2 Å². The van der Waals surface area contributed by atoms with Crippen molar-refractivity contribution in [1.29, 1.82) is 0 Å². The van der Waals surface area contributed by atoms with Gasteiger partial charge in [-0.2, -0.15) is 5.10 Å². The minimum absolute atomic E-state index is 0.181. The Kier molecular flexibility index (Phi) is 7.43. The van der Waals surface area contributed by atoms with Crippen LogP contribution in [0.1, 0.15) is 45.4 Å². The Bertz CT molecular complexity index is 845. The molecule has 0 unspecified atom stereocenters. The van der Waals surface area contributed by atoms with E-state index < -0.39 is 0 Å². The molecule has 2 aliphatic rings. The van der Waals surface area contributed by atoms with Gasteiger partial charge in [-0.05, 0) is 19.3 Å². The van der Waals surface area contributed by atoms with Crippen molar-refractivity contribution in [3.8, 4) is 0 Å². The molecule has 2 aromatic heterocycles. The molecule has 1 amide bonds. The number of nitrogens with zero attached hydrogens (tertiary/aromatic N) is 5. The summed E-state index contributed by atoms with van der Waals surface area (Å²) in [6, 6.07) is 0. The van der Waals surface area contributed by atoms with Crippen molar-refractivity contribution >= 4 is 34.5 Å². The lowest BCUT2D eigenvalue weighted by atomic mass is 9.89. The van der Waals surface area contributed by atoms with Crippen LogP contribution in [0.5, 0.6) is 0 Å². The van der Waals surface area contributed by atoms with E-state index in [0.29, 0.717) is 26.3 Å². The first-order chi connectivity index (χ1) is 14.8. The number of hydrogen-bond acceptors (Lipinski definition) is 7. The number of rotatable bonds is 8. The monoisotopic (exact) mass is 432 g/mol. The molecule has 1 saturated heterocycles. The predicted octanol–water partition coefficient (Wildman–Crippen LogP) is 2.86. The number of hydrogen-bond donors (Lipinski definition) is 1. The summed E-state index contributed by atoms with van der Waals surface area (Å²) >= 11 is 1.68. The van der Waals surface area contributed by atoms with Crippen molar-refractivity contribution in [3.05, 3.63) is 6.20 Å². The van der Waals surface area contributed by atoms with Gasteiger partial charge in [-0.3, -0.25) is 4.79 Å². The van der Waals surface area contributed by atoms with Gasteiger partial charge >= 0.3 is 0 Å². The lowest BCUT2D eigenvalue weighted by Gasteiger charge is -2.28. The van der Waals surface area contributed by atoms with Gasteiger partial charge in [0.1, 0.15) is 5.82 Å². The molecule has 9 heteroatoms. The first-order valence-corrected chi connectivity index (χ1v) is 12.2. The van der Waals surface area contributed by atoms with Crippen LogP contribution in [0, 0.1) is 5.92 Å².